The summed E-state index contributed by atoms with van der Waals surface area (Å²) in [4.78, 5) is 24.6. The summed E-state index contributed by atoms with van der Waals surface area (Å²) in [5, 5.41) is 14.8. The lowest BCUT2D eigenvalue weighted by molar-refractivity contribution is -0.115. The third kappa shape index (κ3) is 5.03. The second-order valence-electron chi connectivity index (χ2n) is 7.19. The van der Waals surface area contributed by atoms with Gasteiger partial charge in [0, 0.05) is 31.6 Å². The first kappa shape index (κ1) is 19.7. The Hall–Kier alpha value is -3.65. The number of fused-ring (bicyclic) bond motifs is 1. The zero-order valence-electron chi connectivity index (χ0n) is 16.5. The number of hydrogen-bond acceptors (Lipinski definition) is 4. The largest absolute Gasteiger partial charge is 0.333 e. The smallest absolute Gasteiger partial charge is 0.329 e. The fraction of sp³-hybridized carbons (Fsp3) is 0.227. The molecule has 0 saturated carbocycles. The van der Waals surface area contributed by atoms with Crippen LogP contribution < -0.4 is 16.1 Å². The molecule has 1 aliphatic rings. The molecular formula is C22H24N6O2. The van der Waals surface area contributed by atoms with Gasteiger partial charge in [-0.2, -0.15) is 5.10 Å². The molecule has 4 N–H and O–H groups in total. The van der Waals surface area contributed by atoms with Crippen molar-refractivity contribution in [1.29, 1.82) is 0 Å². The van der Waals surface area contributed by atoms with E-state index in [4.69, 9.17) is 0 Å². The topological polar surface area (TPSA) is 102 Å². The molecule has 0 spiro atoms. The molecule has 0 fully saturated rings. The van der Waals surface area contributed by atoms with E-state index in [1.54, 1.807) is 0 Å². The molecular weight excluding hydrogens is 380 g/mol. The molecule has 1 aliphatic heterocycles. The summed E-state index contributed by atoms with van der Waals surface area (Å²) in [6.07, 6.45) is 0.970. The molecule has 3 aromatic rings. The summed E-state index contributed by atoms with van der Waals surface area (Å²) in [7, 11) is 0. The van der Waals surface area contributed by atoms with Crippen LogP contribution in [0.5, 0.6) is 0 Å². The monoisotopic (exact) mass is 404 g/mol. The summed E-state index contributed by atoms with van der Waals surface area (Å²) in [5.41, 5.74) is 6.65. The minimum atomic E-state index is -0.263. The van der Waals surface area contributed by atoms with Crippen LogP contribution in [-0.4, -0.2) is 33.7 Å². The molecule has 0 unspecified atom stereocenters. The molecule has 0 atom stereocenters. The van der Waals surface area contributed by atoms with E-state index < -0.39 is 0 Å². The van der Waals surface area contributed by atoms with Crippen molar-refractivity contribution in [2.75, 3.05) is 11.9 Å². The number of aromatic amines is 1. The van der Waals surface area contributed by atoms with E-state index >= 15 is 0 Å². The lowest BCUT2D eigenvalue weighted by atomic mass is 10.1. The normalized spacial score (nSPS) is 13.3. The fourth-order valence-corrected chi connectivity index (χ4v) is 3.42. The number of anilines is 1. The highest BCUT2D eigenvalue weighted by Gasteiger charge is 2.24. The number of aromatic nitrogens is 2. The third-order valence-corrected chi connectivity index (χ3v) is 4.95. The predicted molar refractivity (Wildman–Crippen MR) is 113 cm³/mol. The van der Waals surface area contributed by atoms with Gasteiger partial charge in [-0.1, -0.05) is 60.7 Å². The Morgan fingerprint density at radius 1 is 1.00 bits per heavy atom. The van der Waals surface area contributed by atoms with E-state index in [2.05, 4.69) is 26.3 Å². The maximum Gasteiger partial charge on any atom is 0.329 e. The minimum absolute atomic E-state index is 0.113. The summed E-state index contributed by atoms with van der Waals surface area (Å²) in [6.45, 7) is 1.57. The fourth-order valence-electron chi connectivity index (χ4n) is 3.42. The Bertz CT molecular complexity index is 1000. The Balaban J connectivity index is 1.31. The van der Waals surface area contributed by atoms with Crippen LogP contribution in [0.3, 0.4) is 0 Å². The van der Waals surface area contributed by atoms with E-state index in [-0.39, 0.29) is 11.9 Å². The van der Waals surface area contributed by atoms with Crippen molar-refractivity contribution >= 4 is 17.8 Å². The lowest BCUT2D eigenvalue weighted by Crippen LogP contribution is -2.48. The van der Waals surface area contributed by atoms with Crippen LogP contribution in [0.4, 0.5) is 10.6 Å². The van der Waals surface area contributed by atoms with Crippen molar-refractivity contribution in [3.8, 4) is 0 Å². The molecule has 4 rings (SSSR count). The zero-order chi connectivity index (χ0) is 20.8. The number of rotatable bonds is 6. The second kappa shape index (κ2) is 9.23. The van der Waals surface area contributed by atoms with Crippen LogP contribution in [0.1, 0.15) is 22.4 Å². The first-order valence-corrected chi connectivity index (χ1v) is 9.90. The van der Waals surface area contributed by atoms with Gasteiger partial charge in [0.1, 0.15) is 5.82 Å². The minimum Gasteiger partial charge on any atom is -0.333 e. The van der Waals surface area contributed by atoms with Gasteiger partial charge in [-0.05, 0) is 11.1 Å². The average Bonchev–Trinajstić information content (AvgIpc) is 3.15. The SMILES string of the molecule is O=C(Cc1ccccc1)Nc1[nH]nc2c1CN(NC(=O)NCc1ccccc1)CC2. The van der Waals surface area contributed by atoms with Crippen LogP contribution in [-0.2, 0) is 30.7 Å². The molecule has 0 bridgehead atoms. The number of H-pyrrole nitrogens is 1. The molecule has 1 aromatic heterocycles. The molecule has 154 valence electrons. The number of urea groups is 1. The van der Waals surface area contributed by atoms with Gasteiger partial charge in [0.25, 0.3) is 0 Å². The summed E-state index contributed by atoms with van der Waals surface area (Å²) in [5.74, 6) is 0.473. The van der Waals surface area contributed by atoms with Crippen LogP contribution in [0.15, 0.2) is 60.7 Å². The Kier molecular flexibility index (Phi) is 6.05. The van der Waals surface area contributed by atoms with Gasteiger partial charge in [0.05, 0.1) is 12.1 Å². The molecule has 0 saturated heterocycles. The van der Waals surface area contributed by atoms with Crippen molar-refractivity contribution in [3.05, 3.63) is 83.0 Å². The van der Waals surface area contributed by atoms with Crippen LogP contribution in [0.2, 0.25) is 0 Å². The zero-order valence-corrected chi connectivity index (χ0v) is 16.5. The summed E-state index contributed by atoms with van der Waals surface area (Å²) < 4.78 is 0. The number of hydrazine groups is 1. The molecule has 3 amide bonds. The maximum atomic E-state index is 12.4. The van der Waals surface area contributed by atoms with Gasteiger partial charge >= 0.3 is 6.03 Å². The number of hydrogen-bond donors (Lipinski definition) is 4. The maximum absolute atomic E-state index is 12.4. The standard InChI is InChI=1S/C22H24N6O2/c29-20(13-16-7-3-1-4-8-16)24-21-18-15-28(12-11-19(18)25-26-21)27-22(30)23-14-17-9-5-2-6-10-17/h1-10H,11-15H2,(H2,23,27,30)(H2,24,25,26,29). The van der Waals surface area contributed by atoms with E-state index in [1.165, 1.54) is 0 Å². The van der Waals surface area contributed by atoms with Gasteiger partial charge in [-0.25, -0.2) is 9.80 Å². The number of nitrogens with zero attached hydrogens (tertiary/aromatic N) is 2. The van der Waals surface area contributed by atoms with Crippen molar-refractivity contribution in [2.24, 2.45) is 0 Å². The van der Waals surface area contributed by atoms with Gasteiger partial charge in [-0.15, -0.1) is 0 Å². The first-order chi connectivity index (χ1) is 14.7. The third-order valence-electron chi connectivity index (χ3n) is 4.95. The molecule has 8 nitrogen and oxygen atoms in total. The average molecular weight is 404 g/mol. The van der Waals surface area contributed by atoms with Crippen LogP contribution in [0.25, 0.3) is 0 Å². The van der Waals surface area contributed by atoms with E-state index in [0.29, 0.717) is 38.3 Å². The molecule has 0 radical (unpaired) electrons. The van der Waals surface area contributed by atoms with E-state index in [0.717, 1.165) is 22.4 Å². The number of benzene rings is 2. The highest BCUT2D eigenvalue weighted by molar-refractivity contribution is 5.92. The number of carbonyl (C=O) groups excluding carboxylic acids is 2. The van der Waals surface area contributed by atoms with Crippen molar-refractivity contribution in [1.82, 2.24) is 25.9 Å². The van der Waals surface area contributed by atoms with Gasteiger partial charge < -0.3 is 10.6 Å². The number of amides is 3. The van der Waals surface area contributed by atoms with E-state index in [1.807, 2.05) is 65.7 Å². The van der Waals surface area contributed by atoms with Gasteiger partial charge in [0.2, 0.25) is 5.91 Å². The number of carbonyl (C=O) groups is 2. The quantitative estimate of drug-likeness (QED) is 0.507. The molecule has 30 heavy (non-hydrogen) atoms. The van der Waals surface area contributed by atoms with Crippen molar-refractivity contribution in [2.45, 2.75) is 25.9 Å². The lowest BCUT2D eigenvalue weighted by Gasteiger charge is -2.27. The summed E-state index contributed by atoms with van der Waals surface area (Å²) in [6, 6.07) is 19.1. The Morgan fingerprint density at radius 2 is 1.70 bits per heavy atom. The van der Waals surface area contributed by atoms with Crippen LogP contribution in [0, 0.1) is 0 Å². The predicted octanol–water partition coefficient (Wildman–Crippen LogP) is 2.36. The molecule has 0 aliphatic carbocycles. The van der Waals surface area contributed by atoms with Gasteiger partial charge in [0.15, 0.2) is 0 Å². The molecule has 2 aromatic carbocycles. The highest BCUT2D eigenvalue weighted by Crippen LogP contribution is 2.23. The van der Waals surface area contributed by atoms with Gasteiger partial charge in [-0.3, -0.25) is 15.3 Å². The van der Waals surface area contributed by atoms with Crippen LogP contribution >= 0.6 is 0 Å². The van der Waals surface area contributed by atoms with Crippen molar-refractivity contribution in [3.63, 3.8) is 0 Å². The second-order valence-corrected chi connectivity index (χ2v) is 7.19. The first-order valence-electron chi connectivity index (χ1n) is 9.90. The summed E-state index contributed by atoms with van der Waals surface area (Å²) >= 11 is 0. The Labute approximate surface area is 174 Å². The molecule has 8 heteroatoms. The highest BCUT2D eigenvalue weighted by atomic mass is 16.2. The van der Waals surface area contributed by atoms with E-state index in [9.17, 15) is 9.59 Å². The van der Waals surface area contributed by atoms with Crippen molar-refractivity contribution < 1.29 is 9.59 Å². The Morgan fingerprint density at radius 3 is 2.43 bits per heavy atom. The number of nitrogens with one attached hydrogen (secondary N) is 4. The molecule has 2 heterocycles.